The van der Waals surface area contributed by atoms with Gasteiger partial charge < -0.3 is 0 Å². The van der Waals surface area contributed by atoms with E-state index in [1.165, 1.54) is 0 Å². The molecule has 0 saturated carbocycles. The molecule has 0 nitrogen and oxygen atoms in total. The fourth-order valence-corrected chi connectivity index (χ4v) is 0. The molecule has 0 saturated heterocycles. The zero-order chi connectivity index (χ0) is 4.50. The second-order valence-electron chi connectivity index (χ2n) is 0.878. The first-order chi connectivity index (χ1) is 2.00. The lowest BCUT2D eigenvalue weighted by molar-refractivity contribution is 1.10. The van der Waals surface area contributed by atoms with Crippen molar-refractivity contribution >= 4 is 11.6 Å². The minimum Gasteiger partial charge on any atom is -0.124 e. The first-order valence-corrected chi connectivity index (χ1v) is 1.57. The van der Waals surface area contributed by atoms with E-state index in [2.05, 4.69) is 0 Å². The molecule has 0 heterocycles. The minimum absolute atomic E-state index is 0.778. The van der Waals surface area contributed by atoms with Crippen LogP contribution in [0.4, 0.5) is 0 Å². The fourth-order valence-electron chi connectivity index (χ4n) is 0. The Morgan fingerprint density at radius 2 is 2.00 bits per heavy atom. The van der Waals surface area contributed by atoms with E-state index in [1.807, 2.05) is 0 Å². The van der Waals surface area contributed by atoms with Gasteiger partial charge in [-0.05, 0) is 13.8 Å². The Labute approximate surface area is 33.2 Å². The van der Waals surface area contributed by atoms with Gasteiger partial charge in [-0.3, -0.25) is 0 Å². The average Bonchev–Trinajstić information content (AvgIpc) is 0.722. The summed E-state index contributed by atoms with van der Waals surface area (Å²) in [5.74, 6) is 0. The van der Waals surface area contributed by atoms with Crippen LogP contribution in [-0.4, -0.2) is 5.35 Å². The summed E-state index contributed by atoms with van der Waals surface area (Å²) in [6.07, 6.45) is 0. The molecule has 0 aliphatic carbocycles. The number of hydrogen-bond donors (Lipinski definition) is 0. The molecule has 0 N–H and O–H groups in total. The number of rotatable bonds is 0. The molecule has 4 heavy (non-hydrogen) atoms. The van der Waals surface area contributed by atoms with E-state index in [9.17, 15) is 0 Å². The third kappa shape index (κ3) is 45.3. The Balaban J connectivity index is 3.02. The van der Waals surface area contributed by atoms with E-state index in [1.54, 1.807) is 13.8 Å². The van der Waals surface area contributed by atoms with Crippen molar-refractivity contribution in [3.8, 4) is 0 Å². The molecular weight excluding hydrogens is 71.5 g/mol. The molecule has 0 aromatic heterocycles. The van der Waals surface area contributed by atoms with Crippen LogP contribution in [0.3, 0.4) is 0 Å². The highest BCUT2D eigenvalue weighted by Crippen LogP contribution is 1.84. The van der Waals surface area contributed by atoms with Gasteiger partial charge in [0.2, 0.25) is 0 Å². The fraction of sp³-hybridized carbons (Fsp3) is 1.00. The first kappa shape index (κ1) is 2.52. The molecule has 0 bridgehead atoms. The predicted octanol–water partition coefficient (Wildman–Crippen LogP) is 1.63. The molecule has 0 amide bonds. The topological polar surface area (TPSA) is 0 Å². The first-order valence-electron chi connectivity index (χ1n) is 1.69. The van der Waals surface area contributed by atoms with Crippen molar-refractivity contribution in [3.63, 3.8) is 0 Å². The number of alkyl halides is 1. The lowest BCUT2D eigenvalue weighted by atomic mass is 10.6. The molecule has 0 aromatic carbocycles. The Morgan fingerprint density at radius 3 is 2.00 bits per heavy atom. The van der Waals surface area contributed by atoms with E-state index in [0.717, 1.165) is 0 Å². The summed E-state index contributed by atoms with van der Waals surface area (Å²) in [7, 11) is 0. The molecular formula is C3H7Cl. The van der Waals surface area contributed by atoms with Crippen LogP contribution in [0.5, 0.6) is 0 Å². The Hall–Kier alpha value is 0.290. The normalized spacial score (nSPS) is 15.2. The number of halogens is 1. The summed E-state index contributed by atoms with van der Waals surface area (Å²) in [5, 5.41) is -0.778. The second-order valence-corrected chi connectivity index (χ2v) is 1.63. The quantitative estimate of drug-likeness (QED) is 0.387. The molecule has 0 aliphatic rings. The highest BCUT2D eigenvalue weighted by Gasteiger charge is 1.71. The minimum atomic E-state index is -0.778. The van der Waals surface area contributed by atoms with Crippen LogP contribution in [-0.2, 0) is 0 Å². The van der Waals surface area contributed by atoms with Crippen LogP contribution < -0.4 is 0 Å². The van der Waals surface area contributed by atoms with Gasteiger partial charge in [-0.2, -0.15) is 0 Å². The maximum Gasteiger partial charge on any atom is 0.0466 e. The Morgan fingerprint density at radius 1 is 2.00 bits per heavy atom. The van der Waals surface area contributed by atoms with Gasteiger partial charge in [-0.1, -0.05) is 0 Å². The molecule has 0 aliphatic heterocycles. The molecule has 0 spiro atoms. The SMILES string of the molecule is [2H]C(C)(C)Cl. The van der Waals surface area contributed by atoms with Gasteiger partial charge in [0.15, 0.2) is 0 Å². The lowest BCUT2D eigenvalue weighted by Gasteiger charge is -1.76. The molecule has 1 heteroatoms. The van der Waals surface area contributed by atoms with Gasteiger partial charge in [0, 0.05) is 6.72 Å². The van der Waals surface area contributed by atoms with E-state index >= 15 is 0 Å². The van der Waals surface area contributed by atoms with Crippen LogP contribution in [0.25, 0.3) is 0 Å². The second kappa shape index (κ2) is 1.59. The molecule has 0 fully saturated rings. The van der Waals surface area contributed by atoms with Crippen molar-refractivity contribution in [1.82, 2.24) is 0 Å². The maximum atomic E-state index is 6.70. The third-order valence-electron chi connectivity index (χ3n) is 0. The summed E-state index contributed by atoms with van der Waals surface area (Å²) in [4.78, 5) is 0. The molecule has 0 unspecified atom stereocenters. The number of hydrogen-bond acceptors (Lipinski definition) is 0. The highest BCUT2D eigenvalue weighted by atomic mass is 35.5. The van der Waals surface area contributed by atoms with E-state index < -0.39 is 5.35 Å². The van der Waals surface area contributed by atoms with Crippen molar-refractivity contribution in [2.45, 2.75) is 19.2 Å². The van der Waals surface area contributed by atoms with Gasteiger partial charge >= 0.3 is 0 Å². The molecule has 26 valence electrons. The maximum absolute atomic E-state index is 6.70. The van der Waals surface area contributed by atoms with Gasteiger partial charge in [-0.15, -0.1) is 11.6 Å². The van der Waals surface area contributed by atoms with Gasteiger partial charge in [0.05, 0.1) is 0 Å². The molecule has 0 aromatic rings. The molecule has 0 rings (SSSR count). The van der Waals surface area contributed by atoms with E-state index in [4.69, 9.17) is 13.0 Å². The molecule has 0 atom stereocenters. The molecule has 0 radical (unpaired) electrons. The summed E-state index contributed by atoms with van der Waals surface area (Å²) in [6.45, 7) is 3.24. The van der Waals surface area contributed by atoms with E-state index in [-0.39, 0.29) is 0 Å². The Bertz CT molecular complexity index is 22.4. The van der Waals surface area contributed by atoms with Crippen LogP contribution in [0.2, 0.25) is 0 Å². The standard InChI is InChI=1S/C3H7Cl/c1-3(2)4/h3H,1-2H3/i3D. The summed E-state index contributed by atoms with van der Waals surface area (Å²) >= 11 is 5.20. The van der Waals surface area contributed by atoms with Crippen LogP contribution in [0, 0.1) is 0 Å². The smallest absolute Gasteiger partial charge is 0.0466 e. The van der Waals surface area contributed by atoms with Gasteiger partial charge in [-0.25, -0.2) is 0 Å². The average molecular weight is 79.5 g/mol. The van der Waals surface area contributed by atoms with Crippen LogP contribution in [0.1, 0.15) is 15.2 Å². The summed E-state index contributed by atoms with van der Waals surface area (Å²) in [5.41, 5.74) is 0. The summed E-state index contributed by atoms with van der Waals surface area (Å²) in [6, 6.07) is 0. The van der Waals surface area contributed by atoms with Gasteiger partial charge in [0.1, 0.15) is 0 Å². The van der Waals surface area contributed by atoms with Crippen molar-refractivity contribution < 1.29 is 1.37 Å². The predicted molar refractivity (Wildman–Crippen MR) is 21.0 cm³/mol. The van der Waals surface area contributed by atoms with Crippen molar-refractivity contribution in [2.24, 2.45) is 0 Å². The van der Waals surface area contributed by atoms with Crippen LogP contribution in [0.15, 0.2) is 0 Å². The zero-order valence-corrected chi connectivity index (χ0v) is 3.63. The monoisotopic (exact) mass is 79.0 g/mol. The van der Waals surface area contributed by atoms with Gasteiger partial charge in [0.25, 0.3) is 0 Å². The van der Waals surface area contributed by atoms with Crippen molar-refractivity contribution in [3.05, 3.63) is 0 Å². The third-order valence-corrected chi connectivity index (χ3v) is 0. The highest BCUT2D eigenvalue weighted by molar-refractivity contribution is 6.20. The van der Waals surface area contributed by atoms with Crippen molar-refractivity contribution in [2.75, 3.05) is 0 Å². The lowest BCUT2D eigenvalue weighted by Crippen LogP contribution is -1.70. The van der Waals surface area contributed by atoms with E-state index in [0.29, 0.717) is 0 Å². The zero-order valence-electron chi connectivity index (χ0n) is 3.88. The van der Waals surface area contributed by atoms with Crippen LogP contribution >= 0.6 is 11.6 Å². The Kier molecular flexibility index (Phi) is 1.01. The largest absolute Gasteiger partial charge is 0.124 e. The van der Waals surface area contributed by atoms with Crippen molar-refractivity contribution in [1.29, 1.82) is 0 Å². The summed E-state index contributed by atoms with van der Waals surface area (Å²) < 4.78 is 6.70.